The molecule has 1 aromatic rings. The molecule has 3 N–H and O–H groups in total. The number of hydrogen-bond acceptors (Lipinski definition) is 2. The molecule has 0 saturated heterocycles. The minimum absolute atomic E-state index is 0.0855. The van der Waals surface area contributed by atoms with E-state index in [0.29, 0.717) is 12.5 Å². The average molecular weight is 274 g/mol. The van der Waals surface area contributed by atoms with Gasteiger partial charge in [-0.25, -0.2) is 0 Å². The SMILES string of the molecule is CC(C)(C)c1ccc(NC(=O)C2CCCC2CN)cc1. The van der Waals surface area contributed by atoms with Crippen LogP contribution in [0.15, 0.2) is 24.3 Å². The van der Waals surface area contributed by atoms with Crippen molar-refractivity contribution in [1.82, 2.24) is 0 Å². The molecule has 3 nitrogen and oxygen atoms in total. The molecule has 0 heterocycles. The molecule has 0 radical (unpaired) electrons. The predicted molar refractivity (Wildman–Crippen MR) is 83.7 cm³/mol. The summed E-state index contributed by atoms with van der Waals surface area (Å²) in [6.07, 6.45) is 3.16. The van der Waals surface area contributed by atoms with Crippen molar-refractivity contribution < 1.29 is 4.79 Å². The van der Waals surface area contributed by atoms with Gasteiger partial charge in [-0.05, 0) is 48.4 Å². The monoisotopic (exact) mass is 274 g/mol. The Morgan fingerprint density at radius 1 is 1.25 bits per heavy atom. The van der Waals surface area contributed by atoms with Crippen molar-refractivity contribution in [3.63, 3.8) is 0 Å². The maximum atomic E-state index is 12.3. The smallest absolute Gasteiger partial charge is 0.227 e. The minimum atomic E-state index is 0.0855. The number of benzene rings is 1. The molecule has 3 heteroatoms. The zero-order valence-electron chi connectivity index (χ0n) is 12.8. The summed E-state index contributed by atoms with van der Waals surface area (Å²) in [6.45, 7) is 7.17. The van der Waals surface area contributed by atoms with E-state index in [1.807, 2.05) is 12.1 Å². The minimum Gasteiger partial charge on any atom is -0.330 e. The van der Waals surface area contributed by atoms with Gasteiger partial charge >= 0.3 is 0 Å². The Kier molecular flexibility index (Phi) is 4.48. The van der Waals surface area contributed by atoms with Crippen LogP contribution in [-0.4, -0.2) is 12.5 Å². The molecule has 0 bridgehead atoms. The lowest BCUT2D eigenvalue weighted by Crippen LogP contribution is -2.29. The highest BCUT2D eigenvalue weighted by molar-refractivity contribution is 5.92. The number of rotatable bonds is 3. The third-order valence-electron chi connectivity index (χ3n) is 4.32. The lowest BCUT2D eigenvalue weighted by atomic mass is 9.87. The fourth-order valence-corrected chi connectivity index (χ4v) is 2.95. The van der Waals surface area contributed by atoms with E-state index >= 15 is 0 Å². The molecule has 0 spiro atoms. The number of hydrogen-bond donors (Lipinski definition) is 2. The van der Waals surface area contributed by atoms with Crippen LogP contribution in [0.4, 0.5) is 5.69 Å². The number of amides is 1. The van der Waals surface area contributed by atoms with Crippen LogP contribution in [0.2, 0.25) is 0 Å². The third kappa shape index (κ3) is 3.40. The molecule has 1 aromatic carbocycles. The number of nitrogens with two attached hydrogens (primary N) is 1. The third-order valence-corrected chi connectivity index (χ3v) is 4.32. The lowest BCUT2D eigenvalue weighted by molar-refractivity contribution is -0.120. The van der Waals surface area contributed by atoms with E-state index in [2.05, 4.69) is 38.2 Å². The Balaban J connectivity index is 2.01. The van der Waals surface area contributed by atoms with Crippen LogP contribution >= 0.6 is 0 Å². The van der Waals surface area contributed by atoms with E-state index in [9.17, 15) is 4.79 Å². The van der Waals surface area contributed by atoms with Gasteiger partial charge in [0.25, 0.3) is 0 Å². The molecule has 1 saturated carbocycles. The summed E-state index contributed by atoms with van der Waals surface area (Å²) < 4.78 is 0. The van der Waals surface area contributed by atoms with Crippen LogP contribution in [0, 0.1) is 11.8 Å². The van der Waals surface area contributed by atoms with E-state index in [-0.39, 0.29) is 17.2 Å². The van der Waals surface area contributed by atoms with Crippen LogP contribution < -0.4 is 11.1 Å². The van der Waals surface area contributed by atoms with Crippen LogP contribution in [0.25, 0.3) is 0 Å². The highest BCUT2D eigenvalue weighted by Crippen LogP contribution is 2.32. The molecule has 2 unspecified atom stereocenters. The van der Waals surface area contributed by atoms with Crippen molar-refractivity contribution in [2.24, 2.45) is 17.6 Å². The van der Waals surface area contributed by atoms with Crippen molar-refractivity contribution in [1.29, 1.82) is 0 Å². The molecule has 1 aliphatic carbocycles. The van der Waals surface area contributed by atoms with Gasteiger partial charge in [-0.15, -0.1) is 0 Å². The van der Waals surface area contributed by atoms with Gasteiger partial charge in [-0.3, -0.25) is 4.79 Å². The lowest BCUT2D eigenvalue weighted by Gasteiger charge is -2.20. The van der Waals surface area contributed by atoms with Gasteiger partial charge < -0.3 is 11.1 Å². The van der Waals surface area contributed by atoms with Crippen molar-refractivity contribution >= 4 is 11.6 Å². The number of anilines is 1. The molecule has 1 amide bonds. The molecule has 2 rings (SSSR count). The Bertz CT molecular complexity index is 459. The molecule has 20 heavy (non-hydrogen) atoms. The molecule has 1 fully saturated rings. The first kappa shape index (κ1) is 15.0. The van der Waals surface area contributed by atoms with E-state index in [1.54, 1.807) is 0 Å². The fourth-order valence-electron chi connectivity index (χ4n) is 2.95. The van der Waals surface area contributed by atoms with Crippen molar-refractivity contribution in [2.45, 2.75) is 45.4 Å². The summed E-state index contributed by atoms with van der Waals surface area (Å²) in [4.78, 5) is 12.3. The standard InChI is InChI=1S/C17H26N2O/c1-17(2,3)13-7-9-14(10-8-13)19-16(20)15-6-4-5-12(15)11-18/h7-10,12,15H,4-6,11,18H2,1-3H3,(H,19,20). The maximum absolute atomic E-state index is 12.3. The van der Waals surface area contributed by atoms with Gasteiger partial charge in [-0.2, -0.15) is 0 Å². The van der Waals surface area contributed by atoms with Crippen molar-refractivity contribution in [3.05, 3.63) is 29.8 Å². The number of nitrogens with one attached hydrogen (secondary N) is 1. The van der Waals surface area contributed by atoms with E-state index < -0.39 is 0 Å². The summed E-state index contributed by atoms with van der Waals surface area (Å²) in [6, 6.07) is 8.16. The molecule has 1 aliphatic rings. The highest BCUT2D eigenvalue weighted by Gasteiger charge is 2.31. The second-order valence-electron chi connectivity index (χ2n) is 6.85. The summed E-state index contributed by atoms with van der Waals surface area (Å²) >= 11 is 0. The Labute approximate surface area is 121 Å². The first-order valence-electron chi connectivity index (χ1n) is 7.53. The first-order chi connectivity index (χ1) is 9.41. The second kappa shape index (κ2) is 5.96. The highest BCUT2D eigenvalue weighted by atomic mass is 16.1. The molecular formula is C17H26N2O. The van der Waals surface area contributed by atoms with E-state index in [0.717, 1.165) is 24.9 Å². The summed E-state index contributed by atoms with van der Waals surface area (Å²) in [5.41, 5.74) is 8.04. The van der Waals surface area contributed by atoms with Gasteiger partial charge in [-0.1, -0.05) is 39.3 Å². The molecule has 0 aliphatic heterocycles. The van der Waals surface area contributed by atoms with Gasteiger partial charge in [0, 0.05) is 11.6 Å². The van der Waals surface area contributed by atoms with E-state index in [4.69, 9.17) is 5.73 Å². The predicted octanol–water partition coefficient (Wildman–Crippen LogP) is 3.30. The molecule has 110 valence electrons. The quantitative estimate of drug-likeness (QED) is 0.888. The van der Waals surface area contributed by atoms with Crippen LogP contribution in [0.1, 0.15) is 45.6 Å². The number of carbonyl (C=O) groups is 1. The first-order valence-corrected chi connectivity index (χ1v) is 7.53. The van der Waals surface area contributed by atoms with Crippen LogP contribution in [-0.2, 0) is 10.2 Å². The number of carbonyl (C=O) groups excluding carboxylic acids is 1. The Morgan fingerprint density at radius 3 is 2.45 bits per heavy atom. The molecule has 2 atom stereocenters. The largest absolute Gasteiger partial charge is 0.330 e. The van der Waals surface area contributed by atoms with Crippen molar-refractivity contribution in [3.8, 4) is 0 Å². The second-order valence-corrected chi connectivity index (χ2v) is 6.85. The fraction of sp³-hybridized carbons (Fsp3) is 0.588. The van der Waals surface area contributed by atoms with Crippen molar-refractivity contribution in [2.75, 3.05) is 11.9 Å². The van der Waals surface area contributed by atoms with Crippen LogP contribution in [0.3, 0.4) is 0 Å². The molecule has 0 aromatic heterocycles. The van der Waals surface area contributed by atoms with E-state index in [1.165, 1.54) is 5.56 Å². The maximum Gasteiger partial charge on any atom is 0.227 e. The average Bonchev–Trinajstić information content (AvgIpc) is 2.86. The normalized spacial score (nSPS) is 22.8. The van der Waals surface area contributed by atoms with Gasteiger partial charge in [0.15, 0.2) is 0 Å². The van der Waals surface area contributed by atoms with Gasteiger partial charge in [0.05, 0.1) is 0 Å². The topological polar surface area (TPSA) is 55.1 Å². The van der Waals surface area contributed by atoms with Crippen LogP contribution in [0.5, 0.6) is 0 Å². The summed E-state index contributed by atoms with van der Waals surface area (Å²) in [7, 11) is 0. The Morgan fingerprint density at radius 2 is 1.90 bits per heavy atom. The zero-order chi connectivity index (χ0) is 14.8. The zero-order valence-corrected chi connectivity index (χ0v) is 12.8. The summed E-state index contributed by atoms with van der Waals surface area (Å²) in [5.74, 6) is 0.563. The van der Waals surface area contributed by atoms with Gasteiger partial charge in [0.2, 0.25) is 5.91 Å². The molecular weight excluding hydrogens is 248 g/mol. The Hall–Kier alpha value is -1.35. The summed E-state index contributed by atoms with van der Waals surface area (Å²) in [5, 5.41) is 3.03. The van der Waals surface area contributed by atoms with Gasteiger partial charge in [0.1, 0.15) is 0 Å².